The van der Waals surface area contributed by atoms with E-state index in [0.717, 1.165) is 0 Å². The number of halogens is 6. The molecule has 0 radical (unpaired) electrons. The Morgan fingerprint density at radius 1 is 0.903 bits per heavy atom. The summed E-state index contributed by atoms with van der Waals surface area (Å²) >= 11 is 0. The van der Waals surface area contributed by atoms with E-state index in [1.54, 1.807) is 0 Å². The summed E-state index contributed by atoms with van der Waals surface area (Å²) in [5.41, 5.74) is -11.1. The Morgan fingerprint density at radius 2 is 1.42 bits per heavy atom. The minimum Gasteiger partial charge on any atom is -0.272 e. The van der Waals surface area contributed by atoms with Crippen LogP contribution in [-0.2, 0) is 38.4 Å². The van der Waals surface area contributed by atoms with E-state index in [1.165, 1.54) is 6.92 Å². The molecular weight excluding hydrogens is 490 g/mol. The molecule has 0 aromatic rings. The molecule has 2 amide bonds. The molecule has 2 fully saturated rings. The first-order valence-corrected chi connectivity index (χ1v) is 11.1. The van der Waals surface area contributed by atoms with Gasteiger partial charge in [0.05, 0.1) is 17.7 Å². The molecule has 3 rings (SSSR count). The first-order valence-electron chi connectivity index (χ1n) is 8.25. The first kappa shape index (κ1) is 23.7. The molecule has 176 valence electrons. The van der Waals surface area contributed by atoms with Crippen molar-refractivity contribution in [3.8, 4) is 0 Å². The van der Waals surface area contributed by atoms with E-state index in [9.17, 15) is 52.8 Å². The maximum Gasteiger partial charge on any atom is 0.525 e. The molecule has 0 N–H and O–H groups in total. The molecule has 2 aliphatic heterocycles. The van der Waals surface area contributed by atoms with E-state index < -0.39 is 72.4 Å². The molecular formula is C13H12F6N2O8S2. The quantitative estimate of drug-likeness (QED) is 0.237. The monoisotopic (exact) mass is 502 g/mol. The summed E-state index contributed by atoms with van der Waals surface area (Å²) in [6, 6.07) is -0.965. The molecule has 1 aliphatic carbocycles. The van der Waals surface area contributed by atoms with Crippen molar-refractivity contribution in [2.45, 2.75) is 43.2 Å². The summed E-state index contributed by atoms with van der Waals surface area (Å²) in [5.74, 6) is -4.86. The number of carbonyl (C=O) groups is 2. The molecule has 0 aromatic heterocycles. The second-order valence-electron chi connectivity index (χ2n) is 6.99. The number of allylic oxidation sites excluding steroid dienone is 1. The molecule has 0 saturated carbocycles. The van der Waals surface area contributed by atoms with Gasteiger partial charge >= 0.3 is 31.3 Å². The Balaban J connectivity index is 1.72. The number of hydrogen-bond donors (Lipinski definition) is 0. The number of carbonyl (C=O) groups excluding carboxylic acids is 2. The van der Waals surface area contributed by atoms with Gasteiger partial charge in [0.15, 0.2) is 0 Å². The third-order valence-electron chi connectivity index (χ3n) is 4.93. The number of imide groups is 1. The minimum absolute atomic E-state index is 0.0265. The molecule has 10 nitrogen and oxygen atoms in total. The zero-order chi connectivity index (χ0) is 23.7. The molecule has 31 heavy (non-hydrogen) atoms. The molecule has 18 heteroatoms. The van der Waals surface area contributed by atoms with Crippen LogP contribution in [0.1, 0.15) is 26.2 Å². The Morgan fingerprint density at radius 3 is 1.94 bits per heavy atom. The Bertz CT molecular complexity index is 1060. The Hall–Kier alpha value is -1.92. The summed E-state index contributed by atoms with van der Waals surface area (Å²) in [4.78, 5) is 24.2. The number of alkyl halides is 6. The molecule has 2 heterocycles. The molecule has 3 aliphatic rings. The van der Waals surface area contributed by atoms with Crippen LogP contribution in [0.15, 0.2) is 11.3 Å². The van der Waals surface area contributed by atoms with E-state index in [0.29, 0.717) is 10.6 Å². The van der Waals surface area contributed by atoms with Crippen LogP contribution in [0.3, 0.4) is 0 Å². The number of fused-ring (bicyclic) bond motifs is 1. The summed E-state index contributed by atoms with van der Waals surface area (Å²) in [7, 11) is -12.2. The summed E-state index contributed by atoms with van der Waals surface area (Å²) < 4.78 is 127. The van der Waals surface area contributed by atoms with E-state index >= 15 is 0 Å². The highest BCUT2D eigenvalue weighted by atomic mass is 32.2. The molecule has 0 spiro atoms. The van der Waals surface area contributed by atoms with Crippen molar-refractivity contribution in [1.82, 2.24) is 10.1 Å². The standard InChI is InChI=1S/C13H12F6N2O8S2/c1-5-2-6(3-8-10(5)20(8)28-30(24,25)12(14,15)16)7-4-9(22)21(11(7)23)29-31(26,27)13(17,18)19/h6-8H,2-4H2,1H3. The highest BCUT2D eigenvalue weighted by molar-refractivity contribution is 7.87. The van der Waals surface area contributed by atoms with Crippen molar-refractivity contribution in [2.24, 2.45) is 11.8 Å². The van der Waals surface area contributed by atoms with E-state index in [2.05, 4.69) is 8.57 Å². The number of hydroxylamine groups is 4. The minimum atomic E-state index is -6.28. The normalized spacial score (nSPS) is 27.8. The van der Waals surface area contributed by atoms with Gasteiger partial charge in [0.25, 0.3) is 11.8 Å². The lowest BCUT2D eigenvalue weighted by atomic mass is 9.79. The van der Waals surface area contributed by atoms with Gasteiger partial charge in [-0.25, -0.2) is 5.06 Å². The fraction of sp³-hybridized carbons (Fsp3) is 0.692. The third-order valence-corrected chi connectivity index (χ3v) is 6.76. The Kier molecular flexibility index (Phi) is 5.39. The molecule has 0 bridgehead atoms. The van der Waals surface area contributed by atoms with Crippen molar-refractivity contribution in [2.75, 3.05) is 0 Å². The van der Waals surface area contributed by atoms with Crippen LogP contribution in [0, 0.1) is 11.8 Å². The second-order valence-corrected chi connectivity index (χ2v) is 10.0. The first-order chi connectivity index (χ1) is 13.9. The van der Waals surface area contributed by atoms with Gasteiger partial charge < -0.3 is 0 Å². The van der Waals surface area contributed by atoms with Gasteiger partial charge in [0, 0.05) is 6.42 Å². The largest absolute Gasteiger partial charge is 0.525 e. The maximum absolute atomic E-state index is 12.5. The van der Waals surface area contributed by atoms with E-state index in [1.807, 2.05) is 0 Å². The van der Waals surface area contributed by atoms with Crippen molar-refractivity contribution in [1.29, 1.82) is 0 Å². The fourth-order valence-electron chi connectivity index (χ4n) is 3.53. The van der Waals surface area contributed by atoms with Gasteiger partial charge in [-0.05, 0) is 31.3 Å². The smallest absolute Gasteiger partial charge is 0.272 e. The van der Waals surface area contributed by atoms with Crippen LogP contribution in [0.2, 0.25) is 0 Å². The second kappa shape index (κ2) is 7.04. The average molecular weight is 502 g/mol. The summed E-state index contributed by atoms with van der Waals surface area (Å²) in [6.07, 6.45) is -0.890. The van der Waals surface area contributed by atoms with E-state index in [-0.39, 0.29) is 18.5 Å². The summed E-state index contributed by atoms with van der Waals surface area (Å²) in [5, 5.41) is -0.0148. The molecule has 3 atom stereocenters. The van der Waals surface area contributed by atoms with Crippen LogP contribution < -0.4 is 0 Å². The highest BCUT2D eigenvalue weighted by Gasteiger charge is 2.59. The maximum atomic E-state index is 12.5. The van der Waals surface area contributed by atoms with Crippen molar-refractivity contribution in [3.63, 3.8) is 0 Å². The number of amides is 2. The molecule has 3 unspecified atom stereocenters. The van der Waals surface area contributed by atoms with Crippen LogP contribution in [0.5, 0.6) is 0 Å². The van der Waals surface area contributed by atoms with Crippen LogP contribution in [-0.4, -0.2) is 55.8 Å². The lowest BCUT2D eigenvalue weighted by Crippen LogP contribution is -2.39. The Labute approximate surface area is 170 Å². The third kappa shape index (κ3) is 4.12. The van der Waals surface area contributed by atoms with Gasteiger partial charge in [-0.2, -0.15) is 43.2 Å². The van der Waals surface area contributed by atoms with Crippen LogP contribution >= 0.6 is 0 Å². The van der Waals surface area contributed by atoms with Crippen molar-refractivity contribution < 1.29 is 61.3 Å². The van der Waals surface area contributed by atoms with Gasteiger partial charge in [0.1, 0.15) is 0 Å². The van der Waals surface area contributed by atoms with Gasteiger partial charge in [-0.15, -0.1) is 13.6 Å². The number of hydrogen-bond acceptors (Lipinski definition) is 9. The fourth-order valence-corrected chi connectivity index (χ4v) is 4.45. The van der Waals surface area contributed by atoms with Crippen molar-refractivity contribution >= 4 is 32.1 Å². The lowest BCUT2D eigenvalue weighted by Gasteiger charge is -2.23. The highest BCUT2D eigenvalue weighted by Crippen LogP contribution is 2.51. The van der Waals surface area contributed by atoms with E-state index in [4.69, 9.17) is 0 Å². The molecule has 2 saturated heterocycles. The lowest BCUT2D eigenvalue weighted by molar-refractivity contribution is -0.168. The SMILES string of the molecule is CC1=C2C(CC(C3CC(=O)N(OS(=O)(=O)C(F)(F)F)C3=O)C1)N2OS(=O)(=O)C(F)(F)F. The van der Waals surface area contributed by atoms with Crippen LogP contribution in [0.4, 0.5) is 26.3 Å². The number of nitrogens with zero attached hydrogens (tertiary/aromatic N) is 2. The zero-order valence-electron chi connectivity index (χ0n) is 15.1. The van der Waals surface area contributed by atoms with Gasteiger partial charge in [-0.3, -0.25) is 9.59 Å². The topological polar surface area (TPSA) is 127 Å². The van der Waals surface area contributed by atoms with Crippen molar-refractivity contribution in [3.05, 3.63) is 11.3 Å². The zero-order valence-corrected chi connectivity index (χ0v) is 16.7. The van der Waals surface area contributed by atoms with Gasteiger partial charge in [0.2, 0.25) is 0 Å². The predicted octanol–water partition coefficient (Wildman–Crippen LogP) is 1.29. The predicted molar refractivity (Wildman–Crippen MR) is 83.1 cm³/mol. The number of rotatable bonds is 5. The molecule has 0 aromatic carbocycles. The average Bonchev–Trinajstić information content (AvgIpc) is 3.19. The van der Waals surface area contributed by atoms with Gasteiger partial charge in [-0.1, -0.05) is 0 Å². The summed E-state index contributed by atoms with van der Waals surface area (Å²) in [6.45, 7) is 1.40. The van der Waals surface area contributed by atoms with Crippen LogP contribution in [0.25, 0.3) is 0 Å².